The fourth-order valence-corrected chi connectivity index (χ4v) is 5.83. The lowest BCUT2D eigenvalue weighted by molar-refractivity contribution is 0.122. The van der Waals surface area contributed by atoms with Crippen molar-refractivity contribution in [1.29, 1.82) is 0 Å². The van der Waals surface area contributed by atoms with Crippen LogP contribution in [0.25, 0.3) is 0 Å². The number of rotatable bonds is 10. The number of benzene rings is 2. The Bertz CT molecular complexity index is 1350. The Balaban J connectivity index is 1.95. The molecule has 0 aliphatic carbocycles. The van der Waals surface area contributed by atoms with Gasteiger partial charge in [-0.25, -0.2) is 17.7 Å². The molecule has 0 amide bonds. The number of morpholine rings is 1. The van der Waals surface area contributed by atoms with Crippen molar-refractivity contribution in [2.45, 2.75) is 24.6 Å². The minimum Gasteiger partial charge on any atom is -0.497 e. The Morgan fingerprint density at radius 3 is 2.45 bits per heavy atom. The van der Waals surface area contributed by atoms with E-state index in [4.69, 9.17) is 42.4 Å². The number of ether oxygens (including phenoxy) is 3. The standard InChI is InChI=1S/C26H30Cl2N4O5S/c1-18(2)17-32(38(33,34)20-7-5-4-6-8-20)25-24(37-23-15-19(35-3)9-10-21(23)28)22(16-27)29-26(30-25)31-11-13-36-14-12-31/h4-10,15,18H,11-14,16-17H2,1-3H3. The lowest BCUT2D eigenvalue weighted by Crippen LogP contribution is -2.39. The van der Waals surface area contributed by atoms with Crippen LogP contribution >= 0.6 is 23.2 Å². The van der Waals surface area contributed by atoms with E-state index in [1.807, 2.05) is 18.7 Å². The van der Waals surface area contributed by atoms with Crippen LogP contribution in [-0.2, 0) is 20.6 Å². The van der Waals surface area contributed by atoms with E-state index < -0.39 is 10.0 Å². The Labute approximate surface area is 233 Å². The smallest absolute Gasteiger partial charge is 0.265 e. The highest BCUT2D eigenvalue weighted by atomic mass is 35.5. The van der Waals surface area contributed by atoms with Gasteiger partial charge < -0.3 is 19.1 Å². The number of aromatic nitrogens is 2. The van der Waals surface area contributed by atoms with Gasteiger partial charge in [0.25, 0.3) is 10.0 Å². The highest BCUT2D eigenvalue weighted by Gasteiger charge is 2.33. The van der Waals surface area contributed by atoms with Gasteiger partial charge >= 0.3 is 0 Å². The van der Waals surface area contributed by atoms with Crippen molar-refractivity contribution in [1.82, 2.24) is 9.97 Å². The molecule has 9 nitrogen and oxygen atoms in total. The summed E-state index contributed by atoms with van der Waals surface area (Å²) in [4.78, 5) is 11.5. The first kappa shape index (κ1) is 28.2. The van der Waals surface area contributed by atoms with E-state index >= 15 is 0 Å². The molecule has 2 heterocycles. The Kier molecular flexibility index (Phi) is 9.19. The van der Waals surface area contributed by atoms with Gasteiger partial charge in [0.1, 0.15) is 17.2 Å². The number of alkyl halides is 1. The predicted molar refractivity (Wildman–Crippen MR) is 149 cm³/mol. The summed E-state index contributed by atoms with van der Waals surface area (Å²) >= 11 is 12.8. The number of hydrogen-bond donors (Lipinski definition) is 0. The fraction of sp³-hybridized carbons (Fsp3) is 0.385. The van der Waals surface area contributed by atoms with Crippen LogP contribution in [-0.4, -0.2) is 58.3 Å². The highest BCUT2D eigenvalue weighted by molar-refractivity contribution is 7.92. The van der Waals surface area contributed by atoms with E-state index in [1.54, 1.807) is 48.5 Å². The summed E-state index contributed by atoms with van der Waals surface area (Å²) in [5, 5.41) is 0.302. The van der Waals surface area contributed by atoms with E-state index in [-0.39, 0.29) is 40.6 Å². The molecule has 0 atom stereocenters. The fourth-order valence-electron chi connectivity index (χ4n) is 3.89. The highest BCUT2D eigenvalue weighted by Crippen LogP contribution is 2.41. The first-order valence-electron chi connectivity index (χ1n) is 12.1. The summed E-state index contributed by atoms with van der Waals surface area (Å²) in [6.45, 7) is 6.12. The molecule has 0 radical (unpaired) electrons. The van der Waals surface area contributed by atoms with Gasteiger partial charge in [-0.15, -0.1) is 11.6 Å². The van der Waals surface area contributed by atoms with E-state index in [1.165, 1.54) is 11.4 Å². The summed E-state index contributed by atoms with van der Waals surface area (Å²) in [6.07, 6.45) is 0. The molecule has 12 heteroatoms. The molecule has 0 bridgehead atoms. The van der Waals surface area contributed by atoms with Gasteiger partial charge in [-0.1, -0.05) is 43.6 Å². The summed E-state index contributed by atoms with van der Waals surface area (Å²) in [6, 6.07) is 13.2. The van der Waals surface area contributed by atoms with Gasteiger partial charge in [0, 0.05) is 25.7 Å². The van der Waals surface area contributed by atoms with Crippen LogP contribution in [0.1, 0.15) is 19.5 Å². The van der Waals surface area contributed by atoms with Crippen LogP contribution in [0.3, 0.4) is 0 Å². The van der Waals surface area contributed by atoms with Crippen molar-refractivity contribution < 1.29 is 22.6 Å². The van der Waals surface area contributed by atoms with Crippen molar-refractivity contribution in [2.24, 2.45) is 5.92 Å². The van der Waals surface area contributed by atoms with Crippen molar-refractivity contribution in [2.75, 3.05) is 49.2 Å². The molecule has 0 unspecified atom stereocenters. The molecular formula is C26H30Cl2N4O5S. The lowest BCUT2D eigenvalue weighted by atomic mass is 10.2. The number of sulfonamides is 1. The first-order chi connectivity index (χ1) is 18.2. The van der Waals surface area contributed by atoms with Crippen molar-refractivity contribution in [3.05, 3.63) is 59.2 Å². The zero-order valence-electron chi connectivity index (χ0n) is 21.4. The molecule has 4 rings (SSSR count). The van der Waals surface area contributed by atoms with Crippen molar-refractivity contribution in [3.8, 4) is 17.2 Å². The number of methoxy groups -OCH3 is 1. The van der Waals surface area contributed by atoms with Crippen molar-refractivity contribution in [3.63, 3.8) is 0 Å². The van der Waals surface area contributed by atoms with Gasteiger partial charge in [0.2, 0.25) is 5.95 Å². The molecule has 1 saturated heterocycles. The van der Waals surface area contributed by atoms with Crippen LogP contribution in [0.2, 0.25) is 5.02 Å². The number of anilines is 2. The molecular weight excluding hydrogens is 551 g/mol. The molecule has 1 aromatic heterocycles. The van der Waals surface area contributed by atoms with E-state index in [0.717, 1.165) is 0 Å². The van der Waals surface area contributed by atoms with E-state index in [2.05, 4.69) is 4.98 Å². The number of nitrogens with zero attached hydrogens (tertiary/aromatic N) is 4. The molecule has 0 N–H and O–H groups in total. The topological polar surface area (TPSA) is 94.1 Å². The van der Waals surface area contributed by atoms with Gasteiger partial charge in [-0.3, -0.25) is 0 Å². The monoisotopic (exact) mass is 580 g/mol. The molecule has 1 aliphatic heterocycles. The quantitative estimate of drug-likeness (QED) is 0.296. The SMILES string of the molecule is COc1ccc(Cl)c(Oc2c(CCl)nc(N3CCOCC3)nc2N(CC(C)C)S(=O)(=O)c2ccccc2)c1. The summed E-state index contributed by atoms with van der Waals surface area (Å²) < 4.78 is 46.4. The minimum absolute atomic E-state index is 0.0389. The van der Waals surface area contributed by atoms with Crippen LogP contribution in [0.15, 0.2) is 53.4 Å². The van der Waals surface area contributed by atoms with E-state index in [0.29, 0.717) is 48.7 Å². The molecule has 38 heavy (non-hydrogen) atoms. The molecule has 0 spiro atoms. The maximum absolute atomic E-state index is 14.0. The van der Waals surface area contributed by atoms with Crippen molar-refractivity contribution >= 4 is 45.0 Å². The molecule has 1 aliphatic rings. The largest absolute Gasteiger partial charge is 0.497 e. The summed E-state index contributed by atoms with van der Waals surface area (Å²) in [5.74, 6) is 1.21. The van der Waals surface area contributed by atoms with Crippen LogP contribution in [0.5, 0.6) is 17.2 Å². The van der Waals surface area contributed by atoms with Gasteiger partial charge in [0.05, 0.1) is 36.1 Å². The third-order valence-corrected chi connectivity index (χ3v) is 8.11. The second-order valence-corrected chi connectivity index (χ2v) is 11.5. The molecule has 0 saturated carbocycles. The predicted octanol–water partition coefficient (Wildman–Crippen LogP) is 5.36. The number of halogens is 2. The normalized spacial score (nSPS) is 14.0. The molecule has 1 fully saturated rings. The van der Waals surface area contributed by atoms with Gasteiger partial charge in [0.15, 0.2) is 11.6 Å². The molecule has 204 valence electrons. The van der Waals surface area contributed by atoms with Gasteiger partial charge in [-0.2, -0.15) is 4.98 Å². The number of hydrogen-bond acceptors (Lipinski definition) is 8. The third kappa shape index (κ3) is 6.26. The first-order valence-corrected chi connectivity index (χ1v) is 14.5. The average Bonchev–Trinajstić information content (AvgIpc) is 2.93. The van der Waals surface area contributed by atoms with Crippen LogP contribution in [0, 0.1) is 5.92 Å². The second kappa shape index (κ2) is 12.4. The van der Waals surface area contributed by atoms with Gasteiger partial charge in [-0.05, 0) is 30.2 Å². The zero-order valence-corrected chi connectivity index (χ0v) is 23.8. The van der Waals surface area contributed by atoms with Crippen LogP contribution in [0.4, 0.5) is 11.8 Å². The average molecular weight is 582 g/mol. The summed E-state index contributed by atoms with van der Waals surface area (Å²) in [5.41, 5.74) is 0.328. The van der Waals surface area contributed by atoms with E-state index in [9.17, 15) is 8.42 Å². The third-order valence-electron chi connectivity index (χ3n) is 5.78. The molecule has 2 aromatic carbocycles. The Morgan fingerprint density at radius 1 is 1.11 bits per heavy atom. The second-order valence-electron chi connectivity index (χ2n) is 9.00. The Morgan fingerprint density at radius 2 is 1.82 bits per heavy atom. The molecule has 3 aromatic rings. The zero-order chi connectivity index (χ0) is 27.3. The minimum atomic E-state index is -4.04. The lowest BCUT2D eigenvalue weighted by Gasteiger charge is -2.31. The van der Waals surface area contributed by atoms with Crippen LogP contribution < -0.4 is 18.7 Å². The Hall–Kier alpha value is -2.79. The maximum Gasteiger partial charge on any atom is 0.265 e. The maximum atomic E-state index is 14.0. The summed E-state index contributed by atoms with van der Waals surface area (Å²) in [7, 11) is -2.51.